The molecule has 11 heteroatoms. The number of nitrogens with zero attached hydrogens (tertiary/aromatic N) is 3. The van der Waals surface area contributed by atoms with Crippen LogP contribution >= 0.6 is 23.2 Å². The fourth-order valence-corrected chi connectivity index (χ4v) is 5.01. The molecule has 0 spiro atoms. The van der Waals surface area contributed by atoms with E-state index >= 15 is 0 Å². The van der Waals surface area contributed by atoms with Crippen molar-refractivity contribution in [2.24, 2.45) is 0 Å². The van der Waals surface area contributed by atoms with Gasteiger partial charge in [-0.15, -0.1) is 0 Å². The number of benzene rings is 2. The van der Waals surface area contributed by atoms with E-state index in [0.29, 0.717) is 55.0 Å². The van der Waals surface area contributed by atoms with Gasteiger partial charge in [0, 0.05) is 44.7 Å². The van der Waals surface area contributed by atoms with E-state index in [4.69, 9.17) is 27.9 Å². The Kier molecular flexibility index (Phi) is 7.80. The van der Waals surface area contributed by atoms with Gasteiger partial charge in [-0.05, 0) is 42.4 Å². The van der Waals surface area contributed by atoms with Crippen LogP contribution in [0.5, 0.6) is 0 Å². The number of halogens is 6. The lowest BCUT2D eigenvalue weighted by Gasteiger charge is -2.31. The van der Waals surface area contributed by atoms with Crippen molar-refractivity contribution in [3.8, 4) is 0 Å². The summed E-state index contributed by atoms with van der Waals surface area (Å²) < 4.78 is 58.3. The van der Waals surface area contributed by atoms with E-state index < -0.39 is 17.6 Å². The summed E-state index contributed by atoms with van der Waals surface area (Å²) in [5, 5.41) is 0.813. The van der Waals surface area contributed by atoms with Crippen LogP contribution in [0.3, 0.4) is 0 Å². The van der Waals surface area contributed by atoms with Gasteiger partial charge in [-0.2, -0.15) is 13.2 Å². The van der Waals surface area contributed by atoms with Crippen molar-refractivity contribution in [1.29, 1.82) is 0 Å². The first-order valence-electron chi connectivity index (χ1n) is 11.2. The van der Waals surface area contributed by atoms with Crippen LogP contribution in [0.4, 0.5) is 22.4 Å². The number of ether oxygens (including phenoxy) is 1. The Labute approximate surface area is 211 Å². The van der Waals surface area contributed by atoms with Crippen LogP contribution in [0, 0.1) is 5.82 Å². The number of urea groups is 1. The second-order valence-electron chi connectivity index (χ2n) is 8.86. The molecule has 35 heavy (non-hydrogen) atoms. The second-order valence-corrected chi connectivity index (χ2v) is 9.68. The highest BCUT2D eigenvalue weighted by molar-refractivity contribution is 6.42. The molecule has 2 aromatic rings. The number of amides is 2. The monoisotopic (exact) mass is 533 g/mol. The van der Waals surface area contributed by atoms with Gasteiger partial charge in [-0.3, -0.25) is 4.90 Å². The van der Waals surface area contributed by atoms with Crippen LogP contribution in [-0.2, 0) is 17.5 Å². The number of morpholine rings is 1. The summed E-state index contributed by atoms with van der Waals surface area (Å²) in [5.74, 6) is -1.43. The molecule has 2 atom stereocenters. The first-order valence-corrected chi connectivity index (χ1v) is 11.9. The first-order chi connectivity index (χ1) is 16.5. The highest BCUT2D eigenvalue weighted by Gasteiger charge is 2.40. The molecule has 0 aliphatic carbocycles. The van der Waals surface area contributed by atoms with Gasteiger partial charge in [0.05, 0.1) is 28.8 Å². The Balaban J connectivity index is 1.57. The molecule has 2 aromatic carbocycles. The molecule has 2 fully saturated rings. The van der Waals surface area contributed by atoms with Crippen molar-refractivity contribution >= 4 is 29.2 Å². The quantitative estimate of drug-likeness (QED) is 0.486. The minimum absolute atomic E-state index is 0.0881. The van der Waals surface area contributed by atoms with Crippen molar-refractivity contribution in [1.82, 2.24) is 14.7 Å². The van der Waals surface area contributed by atoms with Gasteiger partial charge in [0.25, 0.3) is 0 Å². The summed E-state index contributed by atoms with van der Waals surface area (Å²) in [6.07, 6.45) is -4.75. The zero-order valence-electron chi connectivity index (χ0n) is 19.0. The lowest BCUT2D eigenvalue weighted by Crippen LogP contribution is -2.48. The van der Waals surface area contributed by atoms with E-state index in [-0.39, 0.29) is 24.5 Å². The predicted octanol–water partition coefficient (Wildman–Crippen LogP) is 5.50. The molecular formula is C24H25Cl2F4N3O2. The first kappa shape index (κ1) is 26.0. The van der Waals surface area contributed by atoms with E-state index in [0.717, 1.165) is 17.7 Å². The minimum atomic E-state index is -4.75. The smallest absolute Gasteiger partial charge is 0.378 e. The summed E-state index contributed by atoms with van der Waals surface area (Å²) in [6.45, 7) is 3.04. The number of likely N-dealkylation sites (tertiary alicyclic amines) is 1. The Morgan fingerprint density at radius 2 is 1.77 bits per heavy atom. The number of carbonyl (C=O) groups is 1. The third-order valence-electron chi connectivity index (χ3n) is 6.55. The SMILES string of the molecule is CN(Cc1ccc(C(F)(F)F)c(F)c1)[C@@H]1CN(C(=O)N2CCOCC2)C[C@@H]1c1ccc(Cl)c(Cl)c1. The number of rotatable bonds is 4. The van der Waals surface area contributed by atoms with Crippen LogP contribution in [0.2, 0.25) is 10.0 Å². The lowest BCUT2D eigenvalue weighted by atomic mass is 9.93. The molecule has 4 rings (SSSR count). The van der Waals surface area contributed by atoms with E-state index in [1.807, 2.05) is 18.0 Å². The molecule has 2 aliphatic heterocycles. The van der Waals surface area contributed by atoms with Gasteiger partial charge in [0.15, 0.2) is 0 Å². The fraction of sp³-hybridized carbons (Fsp3) is 0.458. The Bertz CT molecular complexity index is 1080. The van der Waals surface area contributed by atoms with Crippen LogP contribution in [0.1, 0.15) is 22.6 Å². The number of hydrogen-bond acceptors (Lipinski definition) is 3. The van der Waals surface area contributed by atoms with Gasteiger partial charge in [0.2, 0.25) is 0 Å². The summed E-state index contributed by atoms with van der Waals surface area (Å²) in [6, 6.07) is 8.03. The molecule has 2 heterocycles. The molecule has 2 saturated heterocycles. The highest BCUT2D eigenvalue weighted by Crippen LogP contribution is 2.36. The van der Waals surface area contributed by atoms with Crippen molar-refractivity contribution < 1.29 is 27.1 Å². The molecule has 2 aliphatic rings. The molecule has 0 radical (unpaired) electrons. The molecule has 0 aromatic heterocycles. The Hall–Kier alpha value is -2.07. The average Bonchev–Trinajstić information content (AvgIpc) is 3.26. The molecule has 5 nitrogen and oxygen atoms in total. The van der Waals surface area contributed by atoms with Gasteiger partial charge in [0.1, 0.15) is 5.82 Å². The molecule has 190 valence electrons. The third kappa shape index (κ3) is 5.85. The van der Waals surface area contributed by atoms with Gasteiger partial charge >= 0.3 is 12.2 Å². The maximum Gasteiger partial charge on any atom is 0.419 e. The number of likely N-dealkylation sites (N-methyl/N-ethyl adjacent to an activating group) is 1. The lowest BCUT2D eigenvalue weighted by molar-refractivity contribution is -0.140. The molecule has 0 unspecified atom stereocenters. The molecule has 0 saturated carbocycles. The third-order valence-corrected chi connectivity index (χ3v) is 7.29. The topological polar surface area (TPSA) is 36.0 Å². The van der Waals surface area contributed by atoms with E-state index in [1.165, 1.54) is 6.07 Å². The van der Waals surface area contributed by atoms with Crippen molar-refractivity contribution in [2.75, 3.05) is 46.4 Å². The van der Waals surface area contributed by atoms with Crippen LogP contribution < -0.4 is 0 Å². The van der Waals surface area contributed by atoms with Crippen LogP contribution in [-0.4, -0.2) is 73.2 Å². The Morgan fingerprint density at radius 3 is 2.40 bits per heavy atom. The normalized spacial score (nSPS) is 21.1. The van der Waals surface area contributed by atoms with Crippen molar-refractivity contribution in [2.45, 2.75) is 24.7 Å². The zero-order valence-corrected chi connectivity index (χ0v) is 20.5. The van der Waals surface area contributed by atoms with Gasteiger partial charge in [-0.1, -0.05) is 35.3 Å². The molecule has 2 amide bonds. The number of alkyl halides is 3. The van der Waals surface area contributed by atoms with Gasteiger partial charge in [-0.25, -0.2) is 9.18 Å². The summed E-state index contributed by atoms with van der Waals surface area (Å²) in [4.78, 5) is 18.6. The molecule has 0 bridgehead atoms. The average molecular weight is 534 g/mol. The molecule has 0 N–H and O–H groups in total. The number of carbonyl (C=O) groups excluding carboxylic acids is 1. The van der Waals surface area contributed by atoms with Crippen molar-refractivity contribution in [3.63, 3.8) is 0 Å². The van der Waals surface area contributed by atoms with Crippen LogP contribution in [0.15, 0.2) is 36.4 Å². The van der Waals surface area contributed by atoms with E-state index in [9.17, 15) is 22.4 Å². The summed E-state index contributed by atoms with van der Waals surface area (Å²) in [5.41, 5.74) is 0.0108. The predicted molar refractivity (Wildman–Crippen MR) is 125 cm³/mol. The highest BCUT2D eigenvalue weighted by atomic mass is 35.5. The zero-order chi connectivity index (χ0) is 25.3. The maximum absolute atomic E-state index is 14.1. The number of hydrogen-bond donors (Lipinski definition) is 0. The van der Waals surface area contributed by atoms with Gasteiger partial charge < -0.3 is 14.5 Å². The summed E-state index contributed by atoms with van der Waals surface area (Å²) in [7, 11) is 1.81. The Morgan fingerprint density at radius 1 is 1.06 bits per heavy atom. The fourth-order valence-electron chi connectivity index (χ4n) is 4.71. The van der Waals surface area contributed by atoms with E-state index in [2.05, 4.69) is 0 Å². The summed E-state index contributed by atoms with van der Waals surface area (Å²) >= 11 is 12.4. The van der Waals surface area contributed by atoms with Crippen LogP contribution in [0.25, 0.3) is 0 Å². The van der Waals surface area contributed by atoms with E-state index in [1.54, 1.807) is 21.9 Å². The largest absolute Gasteiger partial charge is 0.419 e. The molecular weight excluding hydrogens is 509 g/mol. The van der Waals surface area contributed by atoms with Crippen molar-refractivity contribution in [3.05, 3.63) is 69.0 Å². The standard InChI is InChI=1S/C24H25Cl2F4N3O2/c1-31(12-15-2-4-18(21(27)10-15)24(28,29)30)22-14-33(23(34)32-6-8-35-9-7-32)13-17(22)16-3-5-19(25)20(26)11-16/h2-5,10-11,17,22H,6-9,12-14H2,1H3/t17-,22-/m1/s1. The second kappa shape index (κ2) is 10.5. The maximum atomic E-state index is 14.1. The minimum Gasteiger partial charge on any atom is -0.378 e.